The van der Waals surface area contributed by atoms with Crippen LogP contribution in [-0.2, 0) is 0 Å². The lowest BCUT2D eigenvalue weighted by molar-refractivity contribution is -2.00. The summed E-state index contributed by atoms with van der Waals surface area (Å²) in [5, 5.41) is 0. The smallest absolute Gasteiger partial charge is 0.249 e. The Morgan fingerprint density at radius 1 is 0.524 bits per heavy atom. The number of aromatic nitrogens is 2. The van der Waals surface area contributed by atoms with Crippen molar-refractivity contribution in [3.8, 4) is 11.5 Å². The minimum Gasteiger partial charge on any atom is -0.497 e. The Hall–Kier alpha value is -3.40. The lowest BCUT2D eigenvalue weighted by Gasteiger charge is -2.42. The summed E-state index contributed by atoms with van der Waals surface area (Å²) in [6.45, 7) is 0. The van der Waals surface area contributed by atoms with E-state index in [4.69, 9.17) is 46.7 Å². The van der Waals surface area contributed by atoms with E-state index in [1.165, 1.54) is 33.6 Å². The van der Waals surface area contributed by atoms with Crippen molar-refractivity contribution in [1.82, 2.24) is 0 Å². The van der Waals surface area contributed by atoms with Gasteiger partial charge in [0.25, 0.3) is 0 Å². The number of nitrogens with zero attached hydrogens (tertiary/aromatic N) is 2. The molecular weight excluding hydrogens is 595 g/mol. The minimum absolute atomic E-state index is 0.155. The van der Waals surface area contributed by atoms with E-state index in [0.29, 0.717) is 0 Å². The summed E-state index contributed by atoms with van der Waals surface area (Å²) < 4.78 is 84.3. The van der Waals surface area contributed by atoms with Gasteiger partial charge in [-0.05, 0) is 47.5 Å². The molecule has 0 saturated heterocycles. The summed E-state index contributed by atoms with van der Waals surface area (Å²) in [7, 11) is -6.38. The van der Waals surface area contributed by atoms with Crippen molar-refractivity contribution in [1.29, 1.82) is 0 Å². The molecule has 5 aliphatic heterocycles. The highest BCUT2D eigenvalue weighted by atomic mass is 35.7. The van der Waals surface area contributed by atoms with Gasteiger partial charge in [-0.2, -0.15) is 9.13 Å². The van der Waals surface area contributed by atoms with Gasteiger partial charge >= 0.3 is 0 Å². The normalized spacial score (nSPS) is 20.6. The van der Waals surface area contributed by atoms with E-state index in [-0.39, 0.29) is 23.9 Å². The van der Waals surface area contributed by atoms with Crippen molar-refractivity contribution in [3.05, 3.63) is 119 Å². The second-order valence-electron chi connectivity index (χ2n) is 9.66. The SMILES string of the molecule is COc1ccc2c(c1)[C@@H]1c3cccc[n+]3[C@H]2[C@@H]2c3ccc(OC)cc3[C@H]1c1cccc[n+]12.[O-][Cl+3]([O-])([O-])[O-].[O-][Cl+3]([O-])([O-])[O-]. The van der Waals surface area contributed by atoms with Gasteiger partial charge < -0.3 is 9.47 Å². The van der Waals surface area contributed by atoms with Gasteiger partial charge in [0.2, 0.25) is 12.1 Å². The maximum atomic E-state index is 8.49. The van der Waals surface area contributed by atoms with Gasteiger partial charge in [0.05, 0.1) is 26.1 Å². The molecule has 14 heteroatoms. The van der Waals surface area contributed by atoms with Gasteiger partial charge in [0.15, 0.2) is 23.8 Å². The Morgan fingerprint density at radius 2 is 0.881 bits per heavy atom. The highest BCUT2D eigenvalue weighted by molar-refractivity contribution is 5.54. The summed E-state index contributed by atoms with van der Waals surface area (Å²) >= 11 is 0. The van der Waals surface area contributed by atoms with Gasteiger partial charge in [-0.3, -0.25) is 0 Å². The van der Waals surface area contributed by atoms with Crippen molar-refractivity contribution in [2.75, 3.05) is 14.2 Å². The summed E-state index contributed by atoms with van der Waals surface area (Å²) in [5.74, 6) is 2.19. The second-order valence-corrected chi connectivity index (χ2v) is 11.2. The molecule has 0 amide bonds. The molecule has 0 fully saturated rings. The summed E-state index contributed by atoms with van der Waals surface area (Å²) in [6, 6.07) is 26.9. The molecular formula is C28H24Cl2N2O10. The van der Waals surface area contributed by atoms with Crippen LogP contribution in [0.3, 0.4) is 0 Å². The molecule has 2 aromatic carbocycles. The first-order valence-corrected chi connectivity index (χ1v) is 14.9. The molecule has 7 heterocycles. The maximum Gasteiger partial charge on any atom is 0.249 e. The Bertz CT molecular complexity index is 1480. The molecule has 4 atom stereocenters. The largest absolute Gasteiger partial charge is 0.497 e. The number of pyridine rings is 2. The van der Waals surface area contributed by atoms with Crippen LogP contribution in [0.2, 0.25) is 0 Å². The monoisotopic (exact) mass is 618 g/mol. The van der Waals surface area contributed by atoms with E-state index >= 15 is 0 Å². The molecule has 12 nitrogen and oxygen atoms in total. The lowest BCUT2D eigenvalue weighted by Crippen LogP contribution is -2.68. The number of ether oxygens (including phenoxy) is 2. The zero-order valence-corrected chi connectivity index (χ0v) is 23.6. The van der Waals surface area contributed by atoms with Crippen molar-refractivity contribution >= 4 is 0 Å². The molecule has 0 spiro atoms. The van der Waals surface area contributed by atoms with Crippen molar-refractivity contribution in [2.24, 2.45) is 0 Å². The number of methoxy groups -OCH3 is 2. The first kappa shape index (κ1) is 30.1. The van der Waals surface area contributed by atoms with Gasteiger partial charge in [-0.15, -0.1) is 20.5 Å². The maximum absolute atomic E-state index is 8.49. The van der Waals surface area contributed by atoms with E-state index < -0.39 is 20.5 Å². The van der Waals surface area contributed by atoms with E-state index in [2.05, 4.69) is 94.3 Å². The third kappa shape index (κ3) is 5.91. The molecule has 10 rings (SSSR count). The lowest BCUT2D eigenvalue weighted by atomic mass is 9.64. The molecule has 0 unspecified atom stereocenters. The van der Waals surface area contributed by atoms with Crippen molar-refractivity contribution in [3.63, 3.8) is 0 Å². The quantitative estimate of drug-likeness (QED) is 0.194. The van der Waals surface area contributed by atoms with Crippen LogP contribution in [0.4, 0.5) is 0 Å². The van der Waals surface area contributed by atoms with Gasteiger partial charge in [0, 0.05) is 35.4 Å². The third-order valence-corrected chi connectivity index (χ3v) is 7.61. The van der Waals surface area contributed by atoms with Crippen LogP contribution in [0.15, 0.2) is 85.2 Å². The van der Waals surface area contributed by atoms with Crippen LogP contribution in [0.25, 0.3) is 0 Å². The highest BCUT2D eigenvalue weighted by Crippen LogP contribution is 2.55. The minimum atomic E-state index is -4.94. The second kappa shape index (κ2) is 11.4. The molecule has 4 bridgehead atoms. The Kier molecular flexibility index (Phi) is 8.13. The van der Waals surface area contributed by atoms with E-state index in [1.807, 2.05) is 0 Å². The molecule has 2 aromatic heterocycles. The highest BCUT2D eigenvalue weighted by Gasteiger charge is 2.59. The van der Waals surface area contributed by atoms with Crippen LogP contribution >= 0.6 is 0 Å². The number of benzene rings is 2. The fourth-order valence-electron chi connectivity index (χ4n) is 6.37. The predicted octanol–water partition coefficient (Wildman–Crippen LogP) is -5.45. The van der Waals surface area contributed by atoms with Gasteiger partial charge in [-0.1, -0.05) is 12.1 Å². The number of halogens is 2. The van der Waals surface area contributed by atoms with Crippen molar-refractivity contribution in [2.45, 2.75) is 23.9 Å². The average Bonchev–Trinajstić information content (AvgIpc) is 2.91. The van der Waals surface area contributed by atoms with Crippen LogP contribution < -0.4 is 55.9 Å². The van der Waals surface area contributed by atoms with Gasteiger partial charge in [-0.25, -0.2) is 37.3 Å². The topological polar surface area (TPSA) is 211 Å². The molecule has 220 valence electrons. The fourth-order valence-corrected chi connectivity index (χ4v) is 6.37. The van der Waals surface area contributed by atoms with Crippen LogP contribution in [-0.4, -0.2) is 14.2 Å². The number of rotatable bonds is 2. The summed E-state index contributed by atoms with van der Waals surface area (Å²) in [5.41, 5.74) is 8.24. The van der Waals surface area contributed by atoms with E-state index in [9.17, 15) is 0 Å². The summed E-state index contributed by atoms with van der Waals surface area (Å²) in [6.07, 6.45) is 4.51. The molecule has 6 aliphatic rings. The average molecular weight is 619 g/mol. The molecule has 4 aromatic rings. The first-order chi connectivity index (χ1) is 19.8. The zero-order chi connectivity index (χ0) is 30.4. The standard InChI is InChI=1S/C28H24N2O2.2ClHO4/c1-31-17-9-11-19-21(15-17)25-23-7-3-5-13-29(23)27(19)28-20-12-10-18(32-2)16-22(20)26(25)24-8-4-6-14-30(24)28;2*2-1(3,4)5/h3-16,25-28H,1-2H3;2*(H,2,3,4,5)/q+2;;/p-2/t25-,26+,27-,28+;;. The Labute approximate surface area is 244 Å². The van der Waals surface area contributed by atoms with Crippen LogP contribution in [0, 0.1) is 20.5 Å². The molecule has 1 aliphatic carbocycles. The van der Waals surface area contributed by atoms with Crippen molar-refractivity contribution < 1.29 is 76.4 Å². The number of hydrogen-bond donors (Lipinski definition) is 0. The number of hydrogen-bond acceptors (Lipinski definition) is 10. The predicted molar refractivity (Wildman–Crippen MR) is 119 cm³/mol. The van der Waals surface area contributed by atoms with E-state index in [0.717, 1.165) is 11.5 Å². The Balaban J connectivity index is 0.000000308. The molecule has 0 saturated carbocycles. The first-order valence-electron chi connectivity index (χ1n) is 12.4. The van der Waals surface area contributed by atoms with Crippen LogP contribution in [0.1, 0.15) is 57.6 Å². The fraction of sp³-hybridized carbons (Fsp3) is 0.214. The molecule has 0 radical (unpaired) electrons. The molecule has 0 N–H and O–H groups in total. The Morgan fingerprint density at radius 3 is 1.21 bits per heavy atom. The summed E-state index contributed by atoms with van der Waals surface area (Å²) in [4.78, 5) is 0. The third-order valence-electron chi connectivity index (χ3n) is 7.61. The molecule has 42 heavy (non-hydrogen) atoms. The van der Waals surface area contributed by atoms with Gasteiger partial charge in [0.1, 0.15) is 11.5 Å². The van der Waals surface area contributed by atoms with E-state index in [1.54, 1.807) is 14.2 Å². The van der Waals surface area contributed by atoms with Crippen LogP contribution in [0.5, 0.6) is 11.5 Å². The zero-order valence-electron chi connectivity index (χ0n) is 22.1.